The van der Waals surface area contributed by atoms with Crippen molar-refractivity contribution in [1.29, 1.82) is 0 Å². The number of ether oxygens (including phenoxy) is 2. The summed E-state index contributed by atoms with van der Waals surface area (Å²) in [4.78, 5) is 0. The van der Waals surface area contributed by atoms with Gasteiger partial charge in [0.1, 0.15) is 5.82 Å². The van der Waals surface area contributed by atoms with Crippen LogP contribution >= 0.6 is 0 Å². The smallest absolute Gasteiger partial charge is 0.200 e. The van der Waals surface area contributed by atoms with Crippen molar-refractivity contribution < 1.29 is 9.47 Å². The van der Waals surface area contributed by atoms with Gasteiger partial charge in [-0.3, -0.25) is 0 Å². The zero-order valence-corrected chi connectivity index (χ0v) is 15.3. The molecule has 0 amide bonds. The molecule has 2 heterocycles. The average molecular weight is 356 g/mol. The van der Waals surface area contributed by atoms with Crippen LogP contribution in [0, 0.1) is 0 Å². The molecule has 0 aliphatic heterocycles. The Morgan fingerprint density at radius 2 is 1.81 bits per heavy atom. The lowest BCUT2D eigenvalue weighted by molar-refractivity contribution is 0.268. The SMILES string of the molecule is CCCOc1ccc([C@H](C)Nc2ccc3nnnn3n2)cc1OCCC. The first kappa shape index (κ1) is 17.9. The number of tetrazole rings is 1. The minimum Gasteiger partial charge on any atom is -0.490 e. The van der Waals surface area contributed by atoms with Gasteiger partial charge in [-0.15, -0.1) is 14.8 Å². The van der Waals surface area contributed by atoms with Gasteiger partial charge in [-0.05, 0) is 60.0 Å². The Morgan fingerprint density at radius 3 is 2.58 bits per heavy atom. The number of aromatic nitrogens is 5. The van der Waals surface area contributed by atoms with Crippen molar-refractivity contribution in [1.82, 2.24) is 25.3 Å². The number of fused-ring (bicyclic) bond motifs is 1. The van der Waals surface area contributed by atoms with Crippen molar-refractivity contribution in [3.8, 4) is 11.5 Å². The minimum atomic E-state index is 0.0284. The van der Waals surface area contributed by atoms with E-state index in [0.717, 1.165) is 29.9 Å². The molecule has 0 radical (unpaired) electrons. The second-order valence-electron chi connectivity index (χ2n) is 6.01. The molecule has 0 aliphatic rings. The predicted molar refractivity (Wildman–Crippen MR) is 98.6 cm³/mol. The van der Waals surface area contributed by atoms with Gasteiger partial charge in [-0.25, -0.2) is 0 Å². The topological polar surface area (TPSA) is 86.5 Å². The number of nitrogens with one attached hydrogen (secondary N) is 1. The van der Waals surface area contributed by atoms with Crippen molar-refractivity contribution in [2.75, 3.05) is 18.5 Å². The molecule has 2 aromatic heterocycles. The van der Waals surface area contributed by atoms with E-state index in [1.54, 1.807) is 0 Å². The van der Waals surface area contributed by atoms with Crippen LogP contribution in [0.3, 0.4) is 0 Å². The molecule has 8 nitrogen and oxygen atoms in total. The fourth-order valence-electron chi connectivity index (χ4n) is 2.48. The van der Waals surface area contributed by atoms with Gasteiger partial charge in [0.15, 0.2) is 17.1 Å². The van der Waals surface area contributed by atoms with E-state index in [1.165, 1.54) is 4.63 Å². The van der Waals surface area contributed by atoms with Crippen LogP contribution in [0.2, 0.25) is 0 Å². The third-order valence-corrected chi connectivity index (χ3v) is 3.83. The van der Waals surface area contributed by atoms with Crippen molar-refractivity contribution in [3.63, 3.8) is 0 Å². The molecule has 3 rings (SSSR count). The first-order chi connectivity index (χ1) is 12.7. The van der Waals surface area contributed by atoms with E-state index in [1.807, 2.05) is 30.3 Å². The van der Waals surface area contributed by atoms with Crippen molar-refractivity contribution in [2.24, 2.45) is 0 Å². The molecule has 0 spiro atoms. The average Bonchev–Trinajstić information content (AvgIpc) is 3.12. The summed E-state index contributed by atoms with van der Waals surface area (Å²) in [5.74, 6) is 2.25. The fraction of sp³-hybridized carbons (Fsp3) is 0.444. The molecule has 1 aromatic carbocycles. The molecule has 8 heteroatoms. The van der Waals surface area contributed by atoms with Crippen molar-refractivity contribution in [3.05, 3.63) is 35.9 Å². The highest BCUT2D eigenvalue weighted by Gasteiger charge is 2.12. The standard InChI is InChI=1S/C18H24N6O2/c1-4-10-25-15-7-6-14(12-16(15)26-11-5-2)13(3)19-17-8-9-18-20-22-23-24(18)21-17/h6-9,12-13H,4-5,10-11H2,1-3H3,(H,19,21)/t13-/m0/s1. The highest BCUT2D eigenvalue weighted by molar-refractivity contribution is 5.47. The molecule has 138 valence electrons. The quantitative estimate of drug-likeness (QED) is 0.629. The largest absolute Gasteiger partial charge is 0.490 e. The third kappa shape index (κ3) is 4.19. The minimum absolute atomic E-state index is 0.0284. The summed E-state index contributed by atoms with van der Waals surface area (Å²) in [6.45, 7) is 7.57. The number of hydrogen-bond donors (Lipinski definition) is 1. The molecule has 0 aliphatic carbocycles. The van der Waals surface area contributed by atoms with E-state index in [0.29, 0.717) is 24.7 Å². The molecule has 0 saturated carbocycles. The zero-order chi connectivity index (χ0) is 18.4. The van der Waals surface area contributed by atoms with Crippen LogP contribution in [0.5, 0.6) is 11.5 Å². The van der Waals surface area contributed by atoms with Crippen LogP contribution in [-0.4, -0.2) is 38.5 Å². The van der Waals surface area contributed by atoms with Crippen molar-refractivity contribution >= 4 is 11.5 Å². The van der Waals surface area contributed by atoms with Gasteiger partial charge in [0.2, 0.25) is 0 Å². The molecule has 0 unspecified atom stereocenters. The van der Waals surface area contributed by atoms with Crippen LogP contribution in [0.15, 0.2) is 30.3 Å². The Hall–Kier alpha value is -2.90. The molecule has 1 N–H and O–H groups in total. The maximum Gasteiger partial charge on any atom is 0.200 e. The normalized spacial score (nSPS) is 12.1. The first-order valence-corrected chi connectivity index (χ1v) is 8.92. The predicted octanol–water partition coefficient (Wildman–Crippen LogP) is 3.27. The maximum atomic E-state index is 5.87. The molecule has 0 fully saturated rings. The second kappa shape index (κ2) is 8.46. The lowest BCUT2D eigenvalue weighted by Crippen LogP contribution is -2.10. The summed E-state index contributed by atoms with van der Waals surface area (Å²) in [6.07, 6.45) is 1.90. The summed E-state index contributed by atoms with van der Waals surface area (Å²) in [5, 5.41) is 19.0. The highest BCUT2D eigenvalue weighted by Crippen LogP contribution is 2.31. The molecular weight excluding hydrogens is 332 g/mol. The fourth-order valence-corrected chi connectivity index (χ4v) is 2.48. The molecule has 3 aromatic rings. The van der Waals surface area contributed by atoms with E-state index in [4.69, 9.17) is 9.47 Å². The number of anilines is 1. The Balaban J connectivity index is 1.77. The van der Waals surface area contributed by atoms with E-state index in [-0.39, 0.29) is 6.04 Å². The number of hydrogen-bond acceptors (Lipinski definition) is 7. The van der Waals surface area contributed by atoms with Gasteiger partial charge in [0.25, 0.3) is 0 Å². The van der Waals surface area contributed by atoms with Gasteiger partial charge in [0.05, 0.1) is 19.3 Å². The Labute approximate surface area is 152 Å². The van der Waals surface area contributed by atoms with Gasteiger partial charge in [0, 0.05) is 0 Å². The van der Waals surface area contributed by atoms with Crippen LogP contribution in [-0.2, 0) is 0 Å². The lowest BCUT2D eigenvalue weighted by Gasteiger charge is -2.18. The van der Waals surface area contributed by atoms with Gasteiger partial charge in [-0.2, -0.15) is 0 Å². The molecule has 0 bridgehead atoms. The van der Waals surface area contributed by atoms with E-state index in [9.17, 15) is 0 Å². The van der Waals surface area contributed by atoms with E-state index >= 15 is 0 Å². The molecule has 0 saturated heterocycles. The summed E-state index contributed by atoms with van der Waals surface area (Å²) >= 11 is 0. The third-order valence-electron chi connectivity index (χ3n) is 3.83. The van der Waals surface area contributed by atoms with Crippen LogP contribution < -0.4 is 14.8 Å². The van der Waals surface area contributed by atoms with E-state index < -0.39 is 0 Å². The zero-order valence-electron chi connectivity index (χ0n) is 15.3. The Morgan fingerprint density at radius 1 is 1.04 bits per heavy atom. The second-order valence-corrected chi connectivity index (χ2v) is 6.01. The maximum absolute atomic E-state index is 5.87. The summed E-state index contributed by atoms with van der Waals surface area (Å²) in [6, 6.07) is 9.73. The Kier molecular flexibility index (Phi) is 5.83. The molecular formula is C18H24N6O2. The van der Waals surface area contributed by atoms with Crippen LogP contribution in [0.1, 0.15) is 45.2 Å². The Bertz CT molecular complexity index is 851. The highest BCUT2D eigenvalue weighted by atomic mass is 16.5. The van der Waals surface area contributed by atoms with Gasteiger partial charge in [-0.1, -0.05) is 19.9 Å². The summed E-state index contributed by atoms with van der Waals surface area (Å²) in [5.41, 5.74) is 1.69. The summed E-state index contributed by atoms with van der Waals surface area (Å²) in [7, 11) is 0. The van der Waals surface area contributed by atoms with Crippen LogP contribution in [0.4, 0.5) is 5.82 Å². The van der Waals surface area contributed by atoms with Crippen molar-refractivity contribution in [2.45, 2.75) is 39.7 Å². The van der Waals surface area contributed by atoms with Crippen LogP contribution in [0.25, 0.3) is 5.65 Å². The van der Waals surface area contributed by atoms with Gasteiger partial charge >= 0.3 is 0 Å². The molecule has 1 atom stereocenters. The van der Waals surface area contributed by atoms with Gasteiger partial charge < -0.3 is 14.8 Å². The lowest BCUT2D eigenvalue weighted by atomic mass is 10.1. The first-order valence-electron chi connectivity index (χ1n) is 8.92. The number of benzene rings is 1. The summed E-state index contributed by atoms with van der Waals surface area (Å²) < 4.78 is 13.1. The number of rotatable bonds is 9. The number of nitrogens with zero attached hydrogens (tertiary/aromatic N) is 5. The monoisotopic (exact) mass is 356 g/mol. The van der Waals surface area contributed by atoms with E-state index in [2.05, 4.69) is 46.7 Å². The molecule has 26 heavy (non-hydrogen) atoms.